The Morgan fingerprint density at radius 1 is 1.47 bits per heavy atom. The SMILES string of the molecule is CNC(=O)c1ccc(C[B-](F)(F)F)nc1. The molecule has 0 aromatic carbocycles. The van der Waals surface area contributed by atoms with Crippen molar-refractivity contribution in [3.05, 3.63) is 29.6 Å². The van der Waals surface area contributed by atoms with E-state index in [9.17, 15) is 17.7 Å². The van der Waals surface area contributed by atoms with Crippen LogP contribution < -0.4 is 5.32 Å². The Hall–Kier alpha value is -1.53. The molecule has 1 heterocycles. The first-order valence-corrected chi connectivity index (χ1v) is 4.30. The Balaban J connectivity index is 2.77. The van der Waals surface area contributed by atoms with Crippen LogP contribution in [0.25, 0.3) is 0 Å². The highest BCUT2D eigenvalue weighted by molar-refractivity contribution is 6.57. The van der Waals surface area contributed by atoms with Gasteiger partial charge in [-0.2, -0.15) is 0 Å². The maximum Gasteiger partial charge on any atom is 0.484 e. The number of aromatic nitrogens is 1. The standard InChI is InChI=1S/C8H9BF3N2O/c1-13-8(15)6-2-3-7(14-5-6)4-9(10,11)12/h2-3,5H,4H2,1H3,(H,13,15)/q-1. The van der Waals surface area contributed by atoms with Crippen LogP contribution >= 0.6 is 0 Å². The van der Waals surface area contributed by atoms with E-state index in [2.05, 4.69) is 10.3 Å². The molecular formula is C8H9BF3N2O-. The minimum atomic E-state index is -4.88. The molecule has 0 atom stereocenters. The van der Waals surface area contributed by atoms with E-state index in [4.69, 9.17) is 0 Å². The summed E-state index contributed by atoms with van der Waals surface area (Å²) >= 11 is 0. The summed E-state index contributed by atoms with van der Waals surface area (Å²) in [5.41, 5.74) is 0.172. The molecule has 0 spiro atoms. The Morgan fingerprint density at radius 2 is 2.13 bits per heavy atom. The predicted molar refractivity (Wildman–Crippen MR) is 50.4 cm³/mol. The van der Waals surface area contributed by atoms with Gasteiger partial charge in [-0.25, -0.2) is 0 Å². The van der Waals surface area contributed by atoms with E-state index in [1.807, 2.05) is 0 Å². The van der Waals surface area contributed by atoms with Gasteiger partial charge in [0.1, 0.15) is 0 Å². The lowest BCUT2D eigenvalue weighted by atomic mass is 9.84. The molecule has 1 aromatic heterocycles. The molecule has 3 nitrogen and oxygen atoms in total. The molecule has 1 rings (SSSR count). The molecule has 82 valence electrons. The lowest BCUT2D eigenvalue weighted by molar-refractivity contribution is 0.0962. The van der Waals surface area contributed by atoms with Gasteiger partial charge in [-0.1, -0.05) is 0 Å². The first-order valence-electron chi connectivity index (χ1n) is 4.30. The molecule has 1 aromatic rings. The fourth-order valence-corrected chi connectivity index (χ4v) is 1.06. The maximum atomic E-state index is 12.0. The zero-order valence-corrected chi connectivity index (χ0v) is 8.01. The first-order chi connectivity index (χ1) is 6.92. The number of nitrogens with one attached hydrogen (secondary N) is 1. The van der Waals surface area contributed by atoms with Crippen molar-refractivity contribution in [3.63, 3.8) is 0 Å². The van der Waals surface area contributed by atoms with Crippen molar-refractivity contribution in [2.75, 3.05) is 7.05 Å². The Kier molecular flexibility index (Phi) is 3.33. The number of amides is 1. The summed E-state index contributed by atoms with van der Waals surface area (Å²) in [7, 11) is 1.44. The largest absolute Gasteiger partial charge is 0.484 e. The molecule has 0 aliphatic carbocycles. The summed E-state index contributed by atoms with van der Waals surface area (Å²) in [5, 5.41) is 2.35. The number of hydrogen-bond acceptors (Lipinski definition) is 2. The maximum absolute atomic E-state index is 12.0. The van der Waals surface area contributed by atoms with E-state index in [1.54, 1.807) is 0 Å². The van der Waals surface area contributed by atoms with E-state index in [0.29, 0.717) is 0 Å². The third-order valence-electron chi connectivity index (χ3n) is 1.75. The van der Waals surface area contributed by atoms with E-state index in [-0.39, 0.29) is 17.2 Å². The summed E-state index contributed by atoms with van der Waals surface area (Å²) in [6, 6.07) is 2.53. The van der Waals surface area contributed by atoms with Gasteiger partial charge in [0.05, 0.1) is 5.56 Å². The third-order valence-corrected chi connectivity index (χ3v) is 1.75. The molecule has 0 bridgehead atoms. The smallest absolute Gasteiger partial charge is 0.449 e. The molecule has 0 radical (unpaired) electrons. The zero-order chi connectivity index (χ0) is 11.5. The van der Waals surface area contributed by atoms with Crippen LogP contribution in [0.15, 0.2) is 18.3 Å². The molecule has 0 aliphatic rings. The van der Waals surface area contributed by atoms with Crippen molar-refractivity contribution >= 4 is 12.9 Å². The van der Waals surface area contributed by atoms with Crippen LogP contribution in [0.4, 0.5) is 12.9 Å². The van der Waals surface area contributed by atoms with Crippen LogP contribution in [-0.4, -0.2) is 24.9 Å². The van der Waals surface area contributed by atoms with Crippen LogP contribution in [0, 0.1) is 0 Å². The van der Waals surface area contributed by atoms with Gasteiger partial charge in [0, 0.05) is 18.9 Å². The van der Waals surface area contributed by atoms with E-state index in [1.165, 1.54) is 19.2 Å². The highest BCUT2D eigenvalue weighted by Crippen LogP contribution is 2.14. The molecule has 7 heteroatoms. The van der Waals surface area contributed by atoms with Crippen molar-refractivity contribution < 1.29 is 17.7 Å². The highest BCUT2D eigenvalue weighted by atomic mass is 19.4. The Bertz CT molecular complexity index is 350. The highest BCUT2D eigenvalue weighted by Gasteiger charge is 2.23. The van der Waals surface area contributed by atoms with Crippen molar-refractivity contribution in [2.45, 2.75) is 6.32 Å². The minimum absolute atomic E-state index is 0.0739. The third kappa shape index (κ3) is 3.61. The molecule has 1 N–H and O–H groups in total. The number of rotatable bonds is 3. The van der Waals surface area contributed by atoms with Crippen molar-refractivity contribution in [1.29, 1.82) is 0 Å². The van der Waals surface area contributed by atoms with Crippen molar-refractivity contribution in [3.8, 4) is 0 Å². The second-order valence-electron chi connectivity index (χ2n) is 3.03. The number of pyridine rings is 1. The Morgan fingerprint density at radius 3 is 2.53 bits per heavy atom. The van der Waals surface area contributed by atoms with E-state index < -0.39 is 13.3 Å². The summed E-state index contributed by atoms with van der Waals surface area (Å²) in [5.74, 6) is -0.369. The second kappa shape index (κ2) is 4.33. The van der Waals surface area contributed by atoms with Crippen molar-refractivity contribution in [2.24, 2.45) is 0 Å². The number of nitrogens with zero attached hydrogens (tertiary/aromatic N) is 1. The fourth-order valence-electron chi connectivity index (χ4n) is 1.06. The fraction of sp³-hybridized carbons (Fsp3) is 0.250. The van der Waals surface area contributed by atoms with Gasteiger partial charge in [0.25, 0.3) is 5.91 Å². The molecule has 0 aliphatic heterocycles. The molecular weight excluding hydrogens is 208 g/mol. The minimum Gasteiger partial charge on any atom is -0.449 e. The average Bonchev–Trinajstić information content (AvgIpc) is 2.15. The monoisotopic (exact) mass is 217 g/mol. The van der Waals surface area contributed by atoms with Crippen molar-refractivity contribution in [1.82, 2.24) is 10.3 Å². The number of halogens is 3. The van der Waals surface area contributed by atoms with E-state index >= 15 is 0 Å². The van der Waals surface area contributed by atoms with Crippen LogP contribution in [0.5, 0.6) is 0 Å². The van der Waals surface area contributed by atoms with Gasteiger partial charge in [-0.15, -0.1) is 0 Å². The summed E-state index contributed by atoms with van der Waals surface area (Å²) in [6.07, 6.45) is 0.115. The zero-order valence-electron chi connectivity index (χ0n) is 8.01. The van der Waals surface area contributed by atoms with Crippen LogP contribution in [0.3, 0.4) is 0 Å². The lowest BCUT2D eigenvalue weighted by Crippen LogP contribution is -2.21. The molecule has 15 heavy (non-hydrogen) atoms. The van der Waals surface area contributed by atoms with Gasteiger partial charge in [0.2, 0.25) is 0 Å². The summed E-state index contributed by atoms with van der Waals surface area (Å²) < 4.78 is 36.0. The van der Waals surface area contributed by atoms with Gasteiger partial charge < -0.3 is 18.3 Å². The van der Waals surface area contributed by atoms with Gasteiger partial charge in [0.15, 0.2) is 0 Å². The number of hydrogen-bond donors (Lipinski definition) is 1. The quantitative estimate of drug-likeness (QED) is 0.776. The molecule has 0 fully saturated rings. The topological polar surface area (TPSA) is 42.0 Å². The molecule has 0 saturated carbocycles. The summed E-state index contributed by atoms with van der Waals surface area (Å²) in [4.78, 5) is 14.6. The average molecular weight is 217 g/mol. The lowest BCUT2D eigenvalue weighted by Gasteiger charge is -2.12. The molecule has 1 amide bonds. The van der Waals surface area contributed by atoms with Gasteiger partial charge in [-0.05, 0) is 18.5 Å². The summed E-state index contributed by atoms with van der Waals surface area (Å²) in [6.45, 7) is -4.88. The molecule has 0 unspecified atom stereocenters. The molecule has 0 saturated heterocycles. The first kappa shape index (κ1) is 11.5. The van der Waals surface area contributed by atoms with Crippen LogP contribution in [0.1, 0.15) is 16.1 Å². The van der Waals surface area contributed by atoms with Gasteiger partial charge >= 0.3 is 6.98 Å². The predicted octanol–water partition coefficient (Wildman–Crippen LogP) is 1.37. The van der Waals surface area contributed by atoms with Gasteiger partial charge in [-0.3, -0.25) is 9.78 Å². The van der Waals surface area contributed by atoms with Crippen LogP contribution in [0.2, 0.25) is 0 Å². The Labute approximate surface area is 84.8 Å². The van der Waals surface area contributed by atoms with E-state index in [0.717, 1.165) is 6.20 Å². The number of carbonyl (C=O) groups is 1. The van der Waals surface area contributed by atoms with Crippen LogP contribution in [-0.2, 0) is 6.32 Å². The second-order valence-corrected chi connectivity index (χ2v) is 3.03. The normalized spacial score (nSPS) is 11.2. The number of carbonyl (C=O) groups excluding carboxylic acids is 1.